The van der Waals surface area contributed by atoms with E-state index >= 15 is 0 Å². The number of nitrogens with zero attached hydrogens (tertiary/aromatic N) is 2. The van der Waals surface area contributed by atoms with Crippen molar-refractivity contribution in [2.24, 2.45) is 0 Å². The first-order chi connectivity index (χ1) is 7.11. The van der Waals surface area contributed by atoms with E-state index in [4.69, 9.17) is 0 Å². The molecule has 2 fully saturated rings. The van der Waals surface area contributed by atoms with Crippen LogP contribution in [0.4, 0.5) is 0 Å². The third-order valence-electron chi connectivity index (χ3n) is 4.02. The summed E-state index contributed by atoms with van der Waals surface area (Å²) in [5, 5.41) is 0. The maximum Gasteiger partial charge on any atom is 0.00643 e. The van der Waals surface area contributed by atoms with E-state index in [0.717, 1.165) is 12.1 Å². The molecular formula is C14H32N2. The Kier molecular flexibility index (Phi) is 8.04. The first kappa shape index (κ1) is 15.9. The van der Waals surface area contributed by atoms with Crippen molar-refractivity contribution in [3.8, 4) is 0 Å². The van der Waals surface area contributed by atoms with Crippen LogP contribution < -0.4 is 0 Å². The van der Waals surface area contributed by atoms with Gasteiger partial charge in [0.25, 0.3) is 0 Å². The molecule has 0 saturated carbocycles. The maximum atomic E-state index is 2.43. The zero-order chi connectivity index (χ0) is 11.3. The molecule has 0 aliphatic carbocycles. The van der Waals surface area contributed by atoms with Crippen molar-refractivity contribution in [3.63, 3.8) is 0 Å². The van der Waals surface area contributed by atoms with Gasteiger partial charge in [0.2, 0.25) is 0 Å². The largest absolute Gasteiger partial charge is 0.304 e. The van der Waals surface area contributed by atoms with E-state index < -0.39 is 0 Å². The van der Waals surface area contributed by atoms with E-state index in [-0.39, 0.29) is 7.43 Å². The van der Waals surface area contributed by atoms with Crippen LogP contribution in [-0.2, 0) is 0 Å². The first-order valence-corrected chi connectivity index (χ1v) is 6.51. The molecule has 98 valence electrons. The van der Waals surface area contributed by atoms with Gasteiger partial charge >= 0.3 is 0 Å². The molecule has 2 atom stereocenters. The molecule has 0 bridgehead atoms. The molecule has 2 heteroatoms. The highest BCUT2D eigenvalue weighted by atomic mass is 15.1. The fourth-order valence-electron chi connectivity index (χ4n) is 2.32. The van der Waals surface area contributed by atoms with Crippen molar-refractivity contribution < 1.29 is 0 Å². The van der Waals surface area contributed by atoms with Gasteiger partial charge in [-0.1, -0.05) is 13.8 Å². The van der Waals surface area contributed by atoms with E-state index in [9.17, 15) is 0 Å². The molecular weight excluding hydrogens is 196 g/mol. The molecule has 2 heterocycles. The van der Waals surface area contributed by atoms with E-state index in [1.54, 1.807) is 0 Å². The van der Waals surface area contributed by atoms with Crippen LogP contribution >= 0.6 is 0 Å². The Morgan fingerprint density at radius 2 is 1.19 bits per heavy atom. The van der Waals surface area contributed by atoms with Crippen LogP contribution in [0.5, 0.6) is 0 Å². The number of rotatable bonds is 0. The normalized spacial score (nSPS) is 31.5. The predicted molar refractivity (Wildman–Crippen MR) is 74.0 cm³/mol. The van der Waals surface area contributed by atoms with Gasteiger partial charge in [-0.15, -0.1) is 0 Å². The van der Waals surface area contributed by atoms with Crippen molar-refractivity contribution in [2.75, 3.05) is 27.2 Å². The Morgan fingerprint density at radius 1 is 0.750 bits per heavy atom. The number of hydrogen-bond acceptors (Lipinski definition) is 2. The first-order valence-electron chi connectivity index (χ1n) is 6.51. The van der Waals surface area contributed by atoms with Gasteiger partial charge in [-0.05, 0) is 66.7 Å². The molecule has 0 aromatic heterocycles. The molecule has 0 amide bonds. The zero-order valence-corrected chi connectivity index (χ0v) is 11.0. The molecule has 0 aromatic carbocycles. The fourth-order valence-corrected chi connectivity index (χ4v) is 2.32. The third kappa shape index (κ3) is 5.31. The second-order valence-corrected chi connectivity index (χ2v) is 5.30. The second kappa shape index (κ2) is 8.08. The highest BCUT2D eigenvalue weighted by Crippen LogP contribution is 2.13. The van der Waals surface area contributed by atoms with Crippen LogP contribution in [-0.4, -0.2) is 49.1 Å². The third-order valence-corrected chi connectivity index (χ3v) is 4.02. The molecule has 16 heavy (non-hydrogen) atoms. The zero-order valence-electron chi connectivity index (χ0n) is 11.0. The molecule has 2 nitrogen and oxygen atoms in total. The number of hydrogen-bond donors (Lipinski definition) is 0. The molecule has 0 radical (unpaired) electrons. The van der Waals surface area contributed by atoms with Crippen LogP contribution in [0.2, 0.25) is 0 Å². The van der Waals surface area contributed by atoms with Gasteiger partial charge in [0.15, 0.2) is 0 Å². The van der Waals surface area contributed by atoms with E-state index in [1.807, 2.05) is 0 Å². The highest BCUT2D eigenvalue weighted by Gasteiger charge is 2.14. The van der Waals surface area contributed by atoms with Crippen LogP contribution in [0.25, 0.3) is 0 Å². The van der Waals surface area contributed by atoms with E-state index in [2.05, 4.69) is 37.7 Å². The number of likely N-dealkylation sites (tertiary alicyclic amines) is 2. The highest BCUT2D eigenvalue weighted by molar-refractivity contribution is 4.70. The minimum atomic E-state index is 0. The van der Waals surface area contributed by atoms with Crippen molar-refractivity contribution in [2.45, 2.75) is 65.5 Å². The molecule has 0 aromatic rings. The Bertz CT molecular complexity index is 152. The summed E-state index contributed by atoms with van der Waals surface area (Å²) in [4.78, 5) is 4.84. The molecule has 2 unspecified atom stereocenters. The minimum Gasteiger partial charge on any atom is -0.304 e. The summed E-state index contributed by atoms with van der Waals surface area (Å²) in [6.07, 6.45) is 7.04. The van der Waals surface area contributed by atoms with Crippen LogP contribution in [0, 0.1) is 0 Å². The molecule has 0 spiro atoms. The van der Waals surface area contributed by atoms with Gasteiger partial charge in [0.05, 0.1) is 0 Å². The van der Waals surface area contributed by atoms with E-state index in [1.165, 1.54) is 45.2 Å². The molecule has 2 rings (SSSR count). The molecule has 0 N–H and O–H groups in total. The minimum absolute atomic E-state index is 0. The van der Waals surface area contributed by atoms with Gasteiger partial charge in [-0.25, -0.2) is 0 Å². The van der Waals surface area contributed by atoms with Gasteiger partial charge in [0.1, 0.15) is 0 Å². The number of piperidine rings is 1. The van der Waals surface area contributed by atoms with Crippen LogP contribution in [0.1, 0.15) is 53.4 Å². The molecule has 2 saturated heterocycles. The lowest BCUT2D eigenvalue weighted by atomic mass is 10.1. The van der Waals surface area contributed by atoms with Gasteiger partial charge in [-0.2, -0.15) is 0 Å². The Hall–Kier alpha value is -0.0800. The summed E-state index contributed by atoms with van der Waals surface area (Å²) in [5.41, 5.74) is 0. The smallest absolute Gasteiger partial charge is 0.00643 e. The van der Waals surface area contributed by atoms with E-state index in [0.29, 0.717) is 0 Å². The predicted octanol–water partition coefficient (Wildman–Crippen LogP) is 3.23. The monoisotopic (exact) mass is 228 g/mol. The topological polar surface area (TPSA) is 6.48 Å². The Balaban J connectivity index is 0.000000267. The Morgan fingerprint density at radius 3 is 1.44 bits per heavy atom. The second-order valence-electron chi connectivity index (χ2n) is 5.30. The van der Waals surface area contributed by atoms with Crippen molar-refractivity contribution in [3.05, 3.63) is 0 Å². The SMILES string of the molecule is C.CC1CCCCN1C.CC1CCCN1C. The quantitative estimate of drug-likeness (QED) is 0.628. The van der Waals surface area contributed by atoms with Crippen molar-refractivity contribution >= 4 is 0 Å². The summed E-state index contributed by atoms with van der Waals surface area (Å²) in [7, 11) is 4.40. The fraction of sp³-hybridized carbons (Fsp3) is 1.00. The Labute approximate surface area is 103 Å². The van der Waals surface area contributed by atoms with Crippen molar-refractivity contribution in [1.82, 2.24) is 9.80 Å². The molecule has 2 aliphatic heterocycles. The van der Waals surface area contributed by atoms with Gasteiger partial charge in [0, 0.05) is 12.1 Å². The van der Waals surface area contributed by atoms with Gasteiger partial charge in [-0.3, -0.25) is 0 Å². The molecule has 2 aliphatic rings. The standard InChI is InChI=1S/C7H15N.C6H13N.CH4/c1-7-5-3-4-6-8(7)2;1-6-4-3-5-7(6)2;/h7H,3-6H2,1-2H3;6H,3-5H2,1-2H3;1H4. The summed E-state index contributed by atoms with van der Waals surface area (Å²) >= 11 is 0. The van der Waals surface area contributed by atoms with Crippen LogP contribution in [0.3, 0.4) is 0 Å². The average molecular weight is 228 g/mol. The lowest BCUT2D eigenvalue weighted by molar-refractivity contribution is 0.200. The summed E-state index contributed by atoms with van der Waals surface area (Å²) in [6.45, 7) is 7.20. The lowest BCUT2D eigenvalue weighted by Gasteiger charge is -2.29. The maximum absolute atomic E-state index is 2.43. The summed E-state index contributed by atoms with van der Waals surface area (Å²) in [6, 6.07) is 1.68. The van der Waals surface area contributed by atoms with Gasteiger partial charge < -0.3 is 9.80 Å². The summed E-state index contributed by atoms with van der Waals surface area (Å²) in [5.74, 6) is 0. The lowest BCUT2D eigenvalue weighted by Crippen LogP contribution is -2.33. The van der Waals surface area contributed by atoms with Crippen molar-refractivity contribution in [1.29, 1.82) is 0 Å². The average Bonchev–Trinajstić information content (AvgIpc) is 2.57. The summed E-state index contributed by atoms with van der Waals surface area (Å²) < 4.78 is 0. The van der Waals surface area contributed by atoms with Crippen LogP contribution in [0.15, 0.2) is 0 Å².